The van der Waals surface area contributed by atoms with E-state index < -0.39 is 0 Å². The minimum atomic E-state index is 0.245. The van der Waals surface area contributed by atoms with E-state index in [1.165, 1.54) is 17.4 Å². The highest BCUT2D eigenvalue weighted by Crippen LogP contribution is 2.23. The van der Waals surface area contributed by atoms with Gasteiger partial charge in [-0.1, -0.05) is 11.6 Å². The van der Waals surface area contributed by atoms with Gasteiger partial charge < -0.3 is 5.11 Å². The molecule has 0 saturated heterocycles. The van der Waals surface area contributed by atoms with E-state index in [0.717, 1.165) is 0 Å². The third kappa shape index (κ3) is 1.08. The van der Waals surface area contributed by atoms with Gasteiger partial charge in [0, 0.05) is 11.4 Å². The fraction of sp³-hybridized carbons (Fsp3) is 0. The molecule has 0 bridgehead atoms. The van der Waals surface area contributed by atoms with E-state index in [2.05, 4.69) is 0 Å². The lowest BCUT2D eigenvalue weighted by molar-refractivity contribution is 0.478. The minimum Gasteiger partial charge on any atom is -0.507 e. The van der Waals surface area contributed by atoms with Crippen molar-refractivity contribution in [1.82, 2.24) is 0 Å². The van der Waals surface area contributed by atoms with Gasteiger partial charge in [0.25, 0.3) is 0 Å². The van der Waals surface area contributed by atoms with Crippen LogP contribution in [-0.4, -0.2) is 5.11 Å². The smallest absolute Gasteiger partial charge is 0.127 e. The predicted molar refractivity (Wildman–Crippen MR) is 31.0 cm³/mol. The maximum atomic E-state index is 8.58. The van der Waals surface area contributed by atoms with E-state index in [-0.39, 0.29) is 5.75 Å². The zero-order chi connectivity index (χ0) is 5.28. The summed E-state index contributed by atoms with van der Waals surface area (Å²) in [6.45, 7) is 0. The van der Waals surface area contributed by atoms with Crippen LogP contribution < -0.4 is 0 Å². The largest absolute Gasteiger partial charge is 0.507 e. The van der Waals surface area contributed by atoms with Crippen LogP contribution in [-0.2, 0) is 0 Å². The van der Waals surface area contributed by atoms with E-state index in [1.807, 2.05) is 0 Å². The second-order valence-electron chi connectivity index (χ2n) is 1.11. The van der Waals surface area contributed by atoms with E-state index in [4.69, 9.17) is 16.7 Å². The van der Waals surface area contributed by atoms with Crippen molar-refractivity contribution in [3.8, 4) is 5.75 Å². The van der Waals surface area contributed by atoms with Crippen LogP contribution in [0.3, 0.4) is 0 Å². The molecule has 0 saturated carbocycles. The number of hydrogen-bond donors (Lipinski definition) is 1. The molecule has 0 radical (unpaired) electrons. The highest BCUT2D eigenvalue weighted by Gasteiger charge is 1.89. The second kappa shape index (κ2) is 1.72. The Balaban J connectivity index is 3.04. The first-order valence-corrected chi connectivity index (χ1v) is 2.98. The van der Waals surface area contributed by atoms with Gasteiger partial charge in [0.1, 0.15) is 5.75 Å². The fourth-order valence-electron chi connectivity index (χ4n) is 0.301. The van der Waals surface area contributed by atoms with Crippen LogP contribution in [0.5, 0.6) is 5.75 Å². The highest BCUT2D eigenvalue weighted by atomic mass is 35.5. The fourth-order valence-corrected chi connectivity index (χ4v) is 1.04. The normalized spacial score (nSPS) is 9.29. The topological polar surface area (TPSA) is 20.2 Å². The molecule has 7 heavy (non-hydrogen) atoms. The Kier molecular flexibility index (Phi) is 1.21. The Morgan fingerprint density at radius 3 is 2.57 bits per heavy atom. The van der Waals surface area contributed by atoms with Crippen LogP contribution in [0.25, 0.3) is 0 Å². The Morgan fingerprint density at radius 1 is 1.71 bits per heavy atom. The first-order chi connectivity index (χ1) is 3.29. The molecular weight excluding hydrogens is 132 g/mol. The molecule has 0 aliphatic heterocycles. The molecule has 1 aromatic heterocycles. The number of aromatic hydroxyl groups is 1. The van der Waals surface area contributed by atoms with Crippen LogP contribution in [0.15, 0.2) is 11.4 Å². The summed E-state index contributed by atoms with van der Waals surface area (Å²) in [4.78, 5) is 0. The molecule has 1 heterocycles. The average molecular weight is 135 g/mol. The Labute approximate surface area is 50.2 Å². The van der Waals surface area contributed by atoms with Gasteiger partial charge in [0.05, 0.1) is 4.34 Å². The van der Waals surface area contributed by atoms with Crippen molar-refractivity contribution in [2.75, 3.05) is 0 Å². The summed E-state index contributed by atoms with van der Waals surface area (Å²) in [5, 5.41) is 10.2. The molecule has 0 aliphatic carbocycles. The molecule has 0 fully saturated rings. The lowest BCUT2D eigenvalue weighted by atomic mass is 10.6. The molecule has 0 aliphatic rings. The molecular formula is C4H3ClOS. The van der Waals surface area contributed by atoms with E-state index >= 15 is 0 Å². The SMILES string of the molecule is Oc1csc(Cl)c1. The van der Waals surface area contributed by atoms with Crippen molar-refractivity contribution in [3.05, 3.63) is 15.8 Å². The number of rotatable bonds is 0. The van der Waals surface area contributed by atoms with Gasteiger partial charge >= 0.3 is 0 Å². The Morgan fingerprint density at radius 2 is 2.43 bits per heavy atom. The van der Waals surface area contributed by atoms with Gasteiger partial charge in [-0.2, -0.15) is 0 Å². The molecule has 1 aromatic rings. The lowest BCUT2D eigenvalue weighted by Gasteiger charge is -1.69. The van der Waals surface area contributed by atoms with Gasteiger partial charge in [-0.3, -0.25) is 0 Å². The standard InChI is InChI=1S/C4H3ClOS/c5-4-1-3(6)2-7-4/h1-2,6H. The molecule has 38 valence electrons. The maximum absolute atomic E-state index is 8.58. The summed E-state index contributed by atoms with van der Waals surface area (Å²) in [7, 11) is 0. The molecule has 1 rings (SSSR count). The van der Waals surface area contributed by atoms with E-state index in [0.29, 0.717) is 4.34 Å². The molecule has 0 unspecified atom stereocenters. The van der Waals surface area contributed by atoms with Crippen molar-refractivity contribution in [3.63, 3.8) is 0 Å². The molecule has 0 spiro atoms. The van der Waals surface area contributed by atoms with Crippen LogP contribution in [0.2, 0.25) is 4.34 Å². The first kappa shape index (κ1) is 4.94. The first-order valence-electron chi connectivity index (χ1n) is 1.72. The van der Waals surface area contributed by atoms with Gasteiger partial charge in [-0.15, -0.1) is 11.3 Å². The van der Waals surface area contributed by atoms with Crippen LogP contribution in [0, 0.1) is 0 Å². The van der Waals surface area contributed by atoms with Gasteiger partial charge in [0.15, 0.2) is 0 Å². The average Bonchev–Trinajstić information content (AvgIpc) is 1.87. The predicted octanol–water partition coefficient (Wildman–Crippen LogP) is 2.11. The van der Waals surface area contributed by atoms with Crippen molar-refractivity contribution >= 4 is 22.9 Å². The zero-order valence-corrected chi connectivity index (χ0v) is 4.96. The second-order valence-corrected chi connectivity index (χ2v) is 2.65. The minimum absolute atomic E-state index is 0.245. The van der Waals surface area contributed by atoms with Crippen LogP contribution in [0.4, 0.5) is 0 Å². The van der Waals surface area contributed by atoms with Crippen molar-refractivity contribution in [2.24, 2.45) is 0 Å². The third-order valence-corrected chi connectivity index (χ3v) is 1.63. The summed E-state index contributed by atoms with van der Waals surface area (Å²) in [6.07, 6.45) is 0. The lowest BCUT2D eigenvalue weighted by Crippen LogP contribution is -1.42. The number of hydrogen-bond acceptors (Lipinski definition) is 2. The highest BCUT2D eigenvalue weighted by molar-refractivity contribution is 7.14. The number of thiophene rings is 1. The molecule has 0 aromatic carbocycles. The van der Waals surface area contributed by atoms with Crippen molar-refractivity contribution in [1.29, 1.82) is 0 Å². The zero-order valence-electron chi connectivity index (χ0n) is 3.39. The summed E-state index contributed by atoms with van der Waals surface area (Å²) < 4.78 is 0.623. The Hall–Kier alpha value is -0.210. The van der Waals surface area contributed by atoms with Crippen LogP contribution in [0.1, 0.15) is 0 Å². The summed E-state index contributed by atoms with van der Waals surface area (Å²) in [6, 6.07) is 1.51. The molecule has 1 N–H and O–H groups in total. The van der Waals surface area contributed by atoms with Crippen LogP contribution >= 0.6 is 22.9 Å². The monoisotopic (exact) mass is 134 g/mol. The maximum Gasteiger partial charge on any atom is 0.127 e. The Bertz CT molecular complexity index is 144. The molecule has 0 amide bonds. The summed E-state index contributed by atoms with van der Waals surface area (Å²) >= 11 is 6.74. The van der Waals surface area contributed by atoms with Crippen molar-refractivity contribution in [2.45, 2.75) is 0 Å². The quantitative estimate of drug-likeness (QED) is 0.576. The molecule has 3 heteroatoms. The van der Waals surface area contributed by atoms with Gasteiger partial charge in [-0.25, -0.2) is 0 Å². The summed E-state index contributed by atoms with van der Waals surface area (Å²) in [5.74, 6) is 0.245. The summed E-state index contributed by atoms with van der Waals surface area (Å²) in [5.41, 5.74) is 0. The van der Waals surface area contributed by atoms with Gasteiger partial charge in [0.2, 0.25) is 0 Å². The number of halogens is 1. The molecule has 0 atom stereocenters. The molecule has 1 nitrogen and oxygen atoms in total. The van der Waals surface area contributed by atoms with E-state index in [9.17, 15) is 0 Å². The third-order valence-electron chi connectivity index (χ3n) is 0.554. The van der Waals surface area contributed by atoms with Crippen molar-refractivity contribution < 1.29 is 5.11 Å². The van der Waals surface area contributed by atoms with Gasteiger partial charge in [-0.05, 0) is 0 Å². The van der Waals surface area contributed by atoms with E-state index in [1.54, 1.807) is 5.38 Å².